The number of aromatic nitrogens is 4. The molecule has 0 amide bonds. The molecule has 0 saturated heterocycles. The lowest BCUT2D eigenvalue weighted by Gasteiger charge is -2.15. The highest BCUT2D eigenvalue weighted by Crippen LogP contribution is 2.45. The first-order valence-electron chi connectivity index (χ1n) is 18.0. The second-order valence-electron chi connectivity index (χ2n) is 13.8. The van der Waals surface area contributed by atoms with Crippen LogP contribution in [0.3, 0.4) is 0 Å². The first-order valence-corrected chi connectivity index (χ1v) is 18.0. The fourth-order valence-electron chi connectivity index (χ4n) is 8.34. The van der Waals surface area contributed by atoms with Gasteiger partial charge in [-0.05, 0) is 95.7 Å². The van der Waals surface area contributed by atoms with Crippen LogP contribution in [0, 0.1) is 0 Å². The van der Waals surface area contributed by atoms with E-state index in [1.807, 2.05) is 30.6 Å². The van der Waals surface area contributed by atoms with Gasteiger partial charge < -0.3 is 0 Å². The van der Waals surface area contributed by atoms with Crippen molar-refractivity contribution in [2.45, 2.75) is 6.42 Å². The van der Waals surface area contributed by atoms with Crippen molar-refractivity contribution in [3.05, 3.63) is 181 Å². The summed E-state index contributed by atoms with van der Waals surface area (Å²) in [7, 11) is 0. The molecule has 0 bridgehead atoms. The molecule has 0 aliphatic heterocycles. The Hall–Kier alpha value is -7.04. The van der Waals surface area contributed by atoms with Gasteiger partial charge in [0.05, 0.1) is 0 Å². The minimum absolute atomic E-state index is 0.645. The molecule has 4 nitrogen and oxygen atoms in total. The van der Waals surface area contributed by atoms with E-state index in [-0.39, 0.29) is 0 Å². The summed E-state index contributed by atoms with van der Waals surface area (Å²) < 4.78 is 0. The van der Waals surface area contributed by atoms with Crippen LogP contribution in [0.2, 0.25) is 0 Å². The predicted octanol–water partition coefficient (Wildman–Crippen LogP) is 12.1. The molecule has 2 aromatic heterocycles. The van der Waals surface area contributed by atoms with E-state index < -0.39 is 0 Å². The number of nitrogens with zero attached hydrogens (tertiary/aromatic N) is 4. The second-order valence-corrected chi connectivity index (χ2v) is 13.8. The molecule has 246 valence electrons. The number of hydrogen-bond acceptors (Lipinski definition) is 4. The van der Waals surface area contributed by atoms with Crippen LogP contribution in [-0.4, -0.2) is 19.9 Å². The maximum absolute atomic E-state index is 5.23. The third kappa shape index (κ3) is 4.77. The Morgan fingerprint density at radius 2 is 1.06 bits per heavy atom. The molecule has 4 heteroatoms. The van der Waals surface area contributed by atoms with E-state index in [0.29, 0.717) is 17.5 Å². The third-order valence-electron chi connectivity index (χ3n) is 10.8. The van der Waals surface area contributed by atoms with Gasteiger partial charge in [-0.3, -0.25) is 4.98 Å². The van der Waals surface area contributed by atoms with Crippen LogP contribution in [0.15, 0.2) is 170 Å². The summed E-state index contributed by atoms with van der Waals surface area (Å²) in [5.74, 6) is 1.97. The second kappa shape index (κ2) is 11.8. The lowest BCUT2D eigenvalue weighted by Crippen LogP contribution is -2.01. The minimum Gasteiger partial charge on any atom is -0.264 e. The Bertz CT molecular complexity index is 3080. The zero-order valence-corrected chi connectivity index (χ0v) is 28.7. The number of pyridine rings is 1. The lowest BCUT2D eigenvalue weighted by molar-refractivity contribution is 1.07. The molecule has 0 N–H and O–H groups in total. The standard InChI is InChI=1S/C49H30N4/c1-2-10-32(11-3-1)47-51-48(53-49(52-47)43-28-36-26-34-12-5-7-15-38(34)45(36)40-17-9-8-16-39(40)43)33-20-18-30(19-21-33)42-27-35-13-4-6-14-37(35)41-23-22-31-24-25-50-29-44(31)46(41)42/h1-25,27-29H,26H2. The van der Waals surface area contributed by atoms with E-state index in [0.717, 1.165) is 39.4 Å². The zero-order chi connectivity index (χ0) is 34.9. The molecular weight excluding hydrogens is 645 g/mol. The van der Waals surface area contributed by atoms with Gasteiger partial charge in [-0.25, -0.2) is 15.0 Å². The highest BCUT2D eigenvalue weighted by molar-refractivity contribution is 6.22. The van der Waals surface area contributed by atoms with Crippen LogP contribution in [-0.2, 0) is 6.42 Å². The summed E-state index contributed by atoms with van der Waals surface area (Å²) in [6.07, 6.45) is 4.74. The van der Waals surface area contributed by atoms with Crippen molar-refractivity contribution in [2.75, 3.05) is 0 Å². The quantitative estimate of drug-likeness (QED) is 0.174. The molecule has 1 aliphatic rings. The smallest absolute Gasteiger partial charge is 0.164 e. The number of rotatable bonds is 4. The van der Waals surface area contributed by atoms with Crippen molar-refractivity contribution >= 4 is 43.1 Å². The van der Waals surface area contributed by atoms with E-state index in [1.165, 1.54) is 60.1 Å². The van der Waals surface area contributed by atoms with Crippen molar-refractivity contribution in [1.82, 2.24) is 19.9 Å². The maximum atomic E-state index is 5.23. The topological polar surface area (TPSA) is 51.6 Å². The van der Waals surface area contributed by atoms with E-state index in [1.54, 1.807) is 0 Å². The molecular formula is C49H30N4. The van der Waals surface area contributed by atoms with Gasteiger partial charge in [0.1, 0.15) is 0 Å². The van der Waals surface area contributed by atoms with Gasteiger partial charge in [0.15, 0.2) is 17.5 Å². The highest BCUT2D eigenvalue weighted by Gasteiger charge is 2.24. The summed E-state index contributed by atoms with van der Waals surface area (Å²) >= 11 is 0. The van der Waals surface area contributed by atoms with Crippen molar-refractivity contribution in [2.24, 2.45) is 0 Å². The zero-order valence-electron chi connectivity index (χ0n) is 28.7. The maximum Gasteiger partial charge on any atom is 0.164 e. The van der Waals surface area contributed by atoms with Gasteiger partial charge in [0.2, 0.25) is 0 Å². The third-order valence-corrected chi connectivity index (χ3v) is 10.8. The summed E-state index contributed by atoms with van der Waals surface area (Å²) in [5.41, 5.74) is 10.5. The Morgan fingerprint density at radius 1 is 0.377 bits per heavy atom. The van der Waals surface area contributed by atoms with Crippen molar-refractivity contribution in [3.63, 3.8) is 0 Å². The highest BCUT2D eigenvalue weighted by atomic mass is 15.0. The summed E-state index contributed by atoms with van der Waals surface area (Å²) in [5, 5.41) is 9.57. The molecule has 53 heavy (non-hydrogen) atoms. The van der Waals surface area contributed by atoms with Gasteiger partial charge in [-0.2, -0.15) is 0 Å². The van der Waals surface area contributed by atoms with Gasteiger partial charge >= 0.3 is 0 Å². The fourth-order valence-corrected chi connectivity index (χ4v) is 8.34. The Balaban J connectivity index is 1.09. The first kappa shape index (κ1) is 29.7. The van der Waals surface area contributed by atoms with Crippen LogP contribution in [0.25, 0.3) is 99.5 Å². The summed E-state index contributed by atoms with van der Waals surface area (Å²) in [4.78, 5) is 20.0. The van der Waals surface area contributed by atoms with Crippen LogP contribution in [0.4, 0.5) is 0 Å². The number of benzene rings is 8. The predicted molar refractivity (Wildman–Crippen MR) is 218 cm³/mol. The largest absolute Gasteiger partial charge is 0.264 e. The normalized spacial score (nSPS) is 12.1. The van der Waals surface area contributed by atoms with Crippen molar-refractivity contribution in [1.29, 1.82) is 0 Å². The molecule has 2 heterocycles. The molecule has 0 radical (unpaired) electrons. The summed E-state index contributed by atoms with van der Waals surface area (Å²) in [6, 6.07) is 56.1. The van der Waals surface area contributed by atoms with Gasteiger partial charge in [0.25, 0.3) is 0 Å². The SMILES string of the molecule is c1ccc(-c2nc(-c3ccc(-c4cc5ccccc5c5ccc6ccncc6c45)cc3)nc(-c3cc4c(c5ccccc35)-c3ccccc3C4)n2)cc1. The summed E-state index contributed by atoms with van der Waals surface area (Å²) in [6.45, 7) is 0. The molecule has 0 saturated carbocycles. The Labute approximate surface area is 306 Å². The average molecular weight is 675 g/mol. The van der Waals surface area contributed by atoms with E-state index >= 15 is 0 Å². The van der Waals surface area contributed by atoms with Gasteiger partial charge in [-0.15, -0.1) is 0 Å². The molecule has 0 atom stereocenters. The average Bonchev–Trinajstić information content (AvgIpc) is 3.62. The fraction of sp³-hybridized carbons (Fsp3) is 0.0204. The Kier molecular flexibility index (Phi) is 6.58. The van der Waals surface area contributed by atoms with Gasteiger partial charge in [0, 0.05) is 34.5 Å². The van der Waals surface area contributed by atoms with Crippen LogP contribution >= 0.6 is 0 Å². The van der Waals surface area contributed by atoms with E-state index in [9.17, 15) is 0 Å². The molecule has 0 spiro atoms. The van der Waals surface area contributed by atoms with Crippen molar-refractivity contribution < 1.29 is 0 Å². The number of hydrogen-bond donors (Lipinski definition) is 0. The molecule has 0 unspecified atom stereocenters. The lowest BCUT2D eigenvalue weighted by atomic mass is 9.90. The van der Waals surface area contributed by atoms with Crippen LogP contribution in [0.1, 0.15) is 11.1 Å². The molecule has 10 aromatic rings. The monoisotopic (exact) mass is 674 g/mol. The van der Waals surface area contributed by atoms with Crippen LogP contribution < -0.4 is 0 Å². The molecule has 0 fully saturated rings. The van der Waals surface area contributed by atoms with Crippen LogP contribution in [0.5, 0.6) is 0 Å². The van der Waals surface area contributed by atoms with E-state index in [2.05, 4.69) is 145 Å². The van der Waals surface area contributed by atoms with E-state index in [4.69, 9.17) is 15.0 Å². The van der Waals surface area contributed by atoms with Crippen molar-refractivity contribution in [3.8, 4) is 56.4 Å². The van der Waals surface area contributed by atoms with Gasteiger partial charge in [-0.1, -0.05) is 140 Å². The molecule has 8 aromatic carbocycles. The first-order chi connectivity index (χ1) is 26.3. The molecule has 11 rings (SSSR count). The minimum atomic E-state index is 0.645. The molecule has 1 aliphatic carbocycles. The Morgan fingerprint density at radius 3 is 1.91 bits per heavy atom. The number of fused-ring (bicyclic) bond motifs is 10.